The van der Waals surface area contributed by atoms with E-state index in [1.165, 1.54) is 27.8 Å². The zero-order valence-electron chi connectivity index (χ0n) is 14.5. The fraction of sp³-hybridized carbons (Fsp3) is 0.294. The van der Waals surface area contributed by atoms with Gasteiger partial charge in [0.05, 0.1) is 16.3 Å². The summed E-state index contributed by atoms with van der Waals surface area (Å²) in [6, 6.07) is 8.37. The number of nitrogens with zero attached hydrogens (tertiary/aromatic N) is 3. The second kappa shape index (κ2) is 7.29. The van der Waals surface area contributed by atoms with Crippen LogP contribution in [0.5, 0.6) is 11.5 Å². The van der Waals surface area contributed by atoms with Gasteiger partial charge in [0.25, 0.3) is 0 Å². The molecule has 27 heavy (non-hydrogen) atoms. The van der Waals surface area contributed by atoms with Crippen molar-refractivity contribution in [3.8, 4) is 22.2 Å². The van der Waals surface area contributed by atoms with Gasteiger partial charge in [-0.05, 0) is 23.6 Å². The number of ether oxygens (including phenoxy) is 2. The summed E-state index contributed by atoms with van der Waals surface area (Å²) < 4.78 is 43.5. The lowest BCUT2D eigenvalue weighted by molar-refractivity contribution is 0.171. The number of hydrogen-bond donors (Lipinski definition) is 0. The van der Waals surface area contributed by atoms with Crippen molar-refractivity contribution < 1.29 is 22.4 Å². The van der Waals surface area contributed by atoms with Crippen molar-refractivity contribution in [3.05, 3.63) is 41.6 Å². The number of benzene rings is 1. The van der Waals surface area contributed by atoms with E-state index >= 15 is 0 Å². The fourth-order valence-corrected chi connectivity index (χ4v) is 4.74. The lowest BCUT2D eigenvalue weighted by Crippen LogP contribution is -2.30. The van der Waals surface area contributed by atoms with E-state index in [1.54, 1.807) is 13.0 Å². The Morgan fingerprint density at radius 2 is 2.00 bits per heavy atom. The highest BCUT2D eigenvalue weighted by Gasteiger charge is 2.27. The zero-order valence-corrected chi connectivity index (χ0v) is 16.1. The summed E-state index contributed by atoms with van der Waals surface area (Å²) in [4.78, 5) is 5.29. The van der Waals surface area contributed by atoms with Gasteiger partial charge < -0.3 is 14.0 Å². The van der Waals surface area contributed by atoms with Crippen molar-refractivity contribution in [2.45, 2.75) is 18.4 Å². The van der Waals surface area contributed by atoms with Crippen LogP contribution in [0.4, 0.5) is 0 Å². The van der Waals surface area contributed by atoms with Crippen molar-refractivity contribution in [2.24, 2.45) is 0 Å². The van der Waals surface area contributed by atoms with E-state index in [1.807, 2.05) is 17.5 Å². The first-order valence-corrected chi connectivity index (χ1v) is 10.7. The topological polar surface area (TPSA) is 94.8 Å². The molecule has 0 bridgehead atoms. The summed E-state index contributed by atoms with van der Waals surface area (Å²) in [5.41, 5.74) is 0. The standard InChI is InChI=1S/C17H17N3O5S2/c1-2-20(11-16-18-17(19-25-16)15-4-3-9-26-15)27(21,22)12-5-6-13-14(10-12)24-8-7-23-13/h3-6,9-10H,2,7-8,11H2,1H3. The van der Waals surface area contributed by atoms with Crippen LogP contribution in [0.2, 0.25) is 0 Å². The van der Waals surface area contributed by atoms with Crippen LogP contribution >= 0.6 is 11.3 Å². The number of rotatable bonds is 6. The molecule has 4 rings (SSSR count). The molecule has 10 heteroatoms. The molecule has 1 aromatic carbocycles. The summed E-state index contributed by atoms with van der Waals surface area (Å²) in [7, 11) is -3.75. The molecule has 3 heterocycles. The first kappa shape index (κ1) is 18.0. The Labute approximate surface area is 160 Å². The first-order chi connectivity index (χ1) is 13.1. The van der Waals surface area contributed by atoms with Crippen molar-refractivity contribution in [3.63, 3.8) is 0 Å². The summed E-state index contributed by atoms with van der Waals surface area (Å²) >= 11 is 1.49. The van der Waals surface area contributed by atoms with Crippen LogP contribution in [0.3, 0.4) is 0 Å². The quantitative estimate of drug-likeness (QED) is 0.620. The van der Waals surface area contributed by atoms with Gasteiger partial charge in [0.1, 0.15) is 13.2 Å². The lowest BCUT2D eigenvalue weighted by Gasteiger charge is -2.21. The third-order valence-electron chi connectivity index (χ3n) is 4.03. The maximum Gasteiger partial charge on any atom is 0.243 e. The Morgan fingerprint density at radius 3 is 2.74 bits per heavy atom. The Morgan fingerprint density at radius 1 is 1.19 bits per heavy atom. The third kappa shape index (κ3) is 3.55. The smallest absolute Gasteiger partial charge is 0.243 e. The van der Waals surface area contributed by atoms with Crippen molar-refractivity contribution in [2.75, 3.05) is 19.8 Å². The summed E-state index contributed by atoms with van der Waals surface area (Å²) in [5, 5.41) is 5.84. The predicted octanol–water partition coefficient (Wildman–Crippen LogP) is 2.78. The average Bonchev–Trinajstić information content (AvgIpc) is 3.37. The Bertz CT molecular complexity index is 1030. The van der Waals surface area contributed by atoms with Crippen molar-refractivity contribution in [1.82, 2.24) is 14.4 Å². The SMILES string of the molecule is CCN(Cc1nc(-c2cccs2)no1)S(=O)(=O)c1ccc2c(c1)OCCO2. The largest absolute Gasteiger partial charge is 0.486 e. The number of hydrogen-bond acceptors (Lipinski definition) is 8. The van der Waals surface area contributed by atoms with Crippen LogP contribution in [0.15, 0.2) is 45.1 Å². The molecule has 8 nitrogen and oxygen atoms in total. The van der Waals surface area contributed by atoms with Crippen LogP contribution in [0, 0.1) is 0 Å². The number of fused-ring (bicyclic) bond motifs is 1. The molecule has 0 aliphatic carbocycles. The molecule has 0 amide bonds. The van der Waals surface area contributed by atoms with Gasteiger partial charge in [-0.3, -0.25) is 0 Å². The van der Waals surface area contributed by atoms with Crippen LogP contribution in [0.25, 0.3) is 10.7 Å². The molecule has 0 saturated heterocycles. The van der Waals surface area contributed by atoms with Gasteiger partial charge in [-0.2, -0.15) is 9.29 Å². The van der Waals surface area contributed by atoms with Crippen LogP contribution < -0.4 is 9.47 Å². The average molecular weight is 407 g/mol. The summed E-state index contributed by atoms with van der Waals surface area (Å²) in [6.07, 6.45) is 0. The van der Waals surface area contributed by atoms with Crippen molar-refractivity contribution >= 4 is 21.4 Å². The molecular formula is C17H17N3O5S2. The molecule has 0 radical (unpaired) electrons. The Kier molecular flexibility index (Phi) is 4.85. The molecule has 1 aliphatic heterocycles. The molecule has 0 spiro atoms. The highest BCUT2D eigenvalue weighted by molar-refractivity contribution is 7.89. The molecule has 0 atom stereocenters. The van der Waals surface area contributed by atoms with E-state index < -0.39 is 10.0 Å². The molecule has 0 saturated carbocycles. The van der Waals surface area contributed by atoms with Gasteiger partial charge in [0.15, 0.2) is 11.5 Å². The van der Waals surface area contributed by atoms with Crippen molar-refractivity contribution in [1.29, 1.82) is 0 Å². The van der Waals surface area contributed by atoms with Crippen LogP contribution in [-0.4, -0.2) is 42.6 Å². The minimum Gasteiger partial charge on any atom is -0.486 e. The second-order valence-electron chi connectivity index (χ2n) is 5.73. The maximum atomic E-state index is 13.0. The summed E-state index contributed by atoms with van der Waals surface area (Å²) in [5.74, 6) is 1.66. The predicted molar refractivity (Wildman–Crippen MR) is 98.3 cm³/mol. The highest BCUT2D eigenvalue weighted by atomic mass is 32.2. The highest BCUT2D eigenvalue weighted by Crippen LogP contribution is 2.33. The van der Waals surface area contributed by atoms with Gasteiger partial charge in [0.2, 0.25) is 21.7 Å². The Hall–Kier alpha value is -2.43. The van der Waals surface area contributed by atoms with E-state index in [-0.39, 0.29) is 23.9 Å². The second-order valence-corrected chi connectivity index (χ2v) is 8.61. The zero-order chi connectivity index (χ0) is 18.9. The normalized spacial score (nSPS) is 13.9. The van der Waals surface area contributed by atoms with Crippen LogP contribution in [-0.2, 0) is 16.6 Å². The molecule has 0 unspecified atom stereocenters. The van der Waals surface area contributed by atoms with E-state index in [9.17, 15) is 8.42 Å². The minimum absolute atomic E-state index is 0.00828. The number of thiophene rings is 1. The van der Waals surface area contributed by atoms with E-state index in [2.05, 4.69) is 10.1 Å². The molecule has 1 aliphatic rings. The Balaban J connectivity index is 1.58. The third-order valence-corrected chi connectivity index (χ3v) is 6.81. The molecule has 2 aromatic heterocycles. The molecule has 3 aromatic rings. The molecule has 142 valence electrons. The molecule has 0 fully saturated rings. The minimum atomic E-state index is -3.75. The fourth-order valence-electron chi connectivity index (χ4n) is 2.68. The molecule has 0 N–H and O–H groups in total. The first-order valence-electron chi connectivity index (χ1n) is 8.34. The van der Waals surface area contributed by atoms with Gasteiger partial charge >= 0.3 is 0 Å². The van der Waals surface area contributed by atoms with Gasteiger partial charge in [-0.15, -0.1) is 11.3 Å². The summed E-state index contributed by atoms with van der Waals surface area (Å²) in [6.45, 7) is 2.84. The van der Waals surface area contributed by atoms with Gasteiger partial charge in [-0.25, -0.2) is 8.42 Å². The van der Waals surface area contributed by atoms with E-state index in [4.69, 9.17) is 14.0 Å². The van der Waals surface area contributed by atoms with Gasteiger partial charge in [-0.1, -0.05) is 18.1 Å². The number of aromatic nitrogens is 2. The van der Waals surface area contributed by atoms with Gasteiger partial charge in [0, 0.05) is 12.6 Å². The maximum absolute atomic E-state index is 13.0. The van der Waals surface area contributed by atoms with E-state index in [0.717, 1.165) is 4.88 Å². The monoisotopic (exact) mass is 407 g/mol. The van der Waals surface area contributed by atoms with Crippen LogP contribution in [0.1, 0.15) is 12.8 Å². The molecular weight excluding hydrogens is 390 g/mol. The van der Waals surface area contributed by atoms with E-state index in [0.29, 0.717) is 30.5 Å². The lowest BCUT2D eigenvalue weighted by atomic mass is 10.3. The number of sulfonamides is 1.